The first kappa shape index (κ1) is 23.1. The maximum Gasteiger partial charge on any atom is 0.254 e. The Morgan fingerprint density at radius 1 is 0.970 bits per heavy atom. The number of nitrogens with zero attached hydrogens (tertiary/aromatic N) is 4. The molecule has 0 spiro atoms. The summed E-state index contributed by atoms with van der Waals surface area (Å²) in [5.74, 6) is 0.835. The van der Waals surface area contributed by atoms with Gasteiger partial charge in [0.1, 0.15) is 5.69 Å². The van der Waals surface area contributed by atoms with Crippen molar-refractivity contribution >= 4 is 11.8 Å². The van der Waals surface area contributed by atoms with Crippen LogP contribution in [0.15, 0.2) is 59.1 Å². The first-order chi connectivity index (χ1) is 16.0. The van der Waals surface area contributed by atoms with Crippen LogP contribution < -0.4 is 4.90 Å². The van der Waals surface area contributed by atoms with Gasteiger partial charge in [-0.1, -0.05) is 53.2 Å². The number of carbonyl (C=O) groups is 1. The highest BCUT2D eigenvalue weighted by Gasteiger charge is 2.27. The topological polar surface area (TPSA) is 52.8 Å². The number of likely N-dealkylation sites (N-methyl/N-ethyl adjacent to an activating group) is 1. The number of piperidine rings is 1. The van der Waals surface area contributed by atoms with Crippen LogP contribution in [0.3, 0.4) is 0 Å². The third-order valence-corrected chi connectivity index (χ3v) is 6.21. The normalized spacial score (nSPS) is 14.0. The number of aryl methyl sites for hydroxylation is 1. The highest BCUT2D eigenvalue weighted by molar-refractivity contribution is 5.94. The van der Waals surface area contributed by atoms with E-state index in [9.17, 15) is 4.79 Å². The Labute approximate surface area is 196 Å². The predicted molar refractivity (Wildman–Crippen MR) is 132 cm³/mol. The van der Waals surface area contributed by atoms with Crippen LogP contribution in [-0.2, 0) is 6.54 Å². The molecular weight excluding hydrogens is 412 g/mol. The van der Waals surface area contributed by atoms with E-state index in [1.165, 1.54) is 6.42 Å². The zero-order valence-electron chi connectivity index (χ0n) is 20.0. The molecule has 6 nitrogen and oxygen atoms in total. The first-order valence-electron chi connectivity index (χ1n) is 11.8. The van der Waals surface area contributed by atoms with Crippen LogP contribution in [0.2, 0.25) is 0 Å². The number of aromatic nitrogens is 1. The summed E-state index contributed by atoms with van der Waals surface area (Å²) in [6.07, 6.45) is 3.54. The number of amides is 1. The molecule has 0 unspecified atom stereocenters. The third-order valence-electron chi connectivity index (χ3n) is 6.21. The second-order valence-electron chi connectivity index (χ2n) is 9.12. The van der Waals surface area contributed by atoms with E-state index in [-0.39, 0.29) is 5.91 Å². The Morgan fingerprint density at radius 3 is 2.33 bits per heavy atom. The van der Waals surface area contributed by atoms with Crippen LogP contribution in [0.4, 0.5) is 5.88 Å². The quantitative estimate of drug-likeness (QED) is 0.495. The molecule has 4 rings (SSSR count). The van der Waals surface area contributed by atoms with E-state index >= 15 is 0 Å². The molecule has 2 heterocycles. The fraction of sp³-hybridized carbons (Fsp3) is 0.407. The van der Waals surface area contributed by atoms with E-state index < -0.39 is 0 Å². The van der Waals surface area contributed by atoms with Gasteiger partial charge in [-0.15, -0.1) is 0 Å². The molecule has 1 aliphatic rings. The van der Waals surface area contributed by atoms with Crippen molar-refractivity contribution in [1.82, 2.24) is 15.0 Å². The van der Waals surface area contributed by atoms with Crippen LogP contribution in [0.5, 0.6) is 0 Å². The summed E-state index contributed by atoms with van der Waals surface area (Å²) in [6.45, 7) is 5.81. The Bertz CT molecular complexity index is 1040. The minimum atomic E-state index is 0.0293. The highest BCUT2D eigenvalue weighted by atomic mass is 16.5. The summed E-state index contributed by atoms with van der Waals surface area (Å²) >= 11 is 0. The Balaban J connectivity index is 1.70. The molecule has 33 heavy (non-hydrogen) atoms. The largest absolute Gasteiger partial charge is 0.340 e. The van der Waals surface area contributed by atoms with Gasteiger partial charge in [0, 0.05) is 37.3 Å². The predicted octanol–water partition coefficient (Wildman–Crippen LogP) is 4.84. The summed E-state index contributed by atoms with van der Waals surface area (Å²) in [4.78, 5) is 19.9. The Morgan fingerprint density at radius 2 is 1.67 bits per heavy atom. The van der Waals surface area contributed by atoms with E-state index in [0.717, 1.165) is 60.7 Å². The molecule has 0 N–H and O–H groups in total. The van der Waals surface area contributed by atoms with Crippen molar-refractivity contribution in [2.45, 2.75) is 32.7 Å². The van der Waals surface area contributed by atoms with Gasteiger partial charge in [0.2, 0.25) is 5.88 Å². The summed E-state index contributed by atoms with van der Waals surface area (Å²) in [6, 6.07) is 17.9. The van der Waals surface area contributed by atoms with Crippen LogP contribution in [0.25, 0.3) is 11.3 Å². The molecule has 1 fully saturated rings. The number of benzene rings is 2. The minimum absolute atomic E-state index is 0.0293. The highest BCUT2D eigenvalue weighted by Crippen LogP contribution is 2.34. The van der Waals surface area contributed by atoms with Gasteiger partial charge in [0.15, 0.2) is 0 Å². The summed E-state index contributed by atoms with van der Waals surface area (Å²) in [5.41, 5.74) is 4.67. The molecule has 0 bridgehead atoms. The fourth-order valence-corrected chi connectivity index (χ4v) is 4.25. The molecule has 1 aromatic heterocycles. The number of hydrogen-bond acceptors (Lipinski definition) is 5. The van der Waals surface area contributed by atoms with Gasteiger partial charge in [0.25, 0.3) is 5.91 Å². The molecule has 1 amide bonds. The van der Waals surface area contributed by atoms with E-state index in [0.29, 0.717) is 18.7 Å². The van der Waals surface area contributed by atoms with Crippen molar-refractivity contribution < 1.29 is 9.32 Å². The first-order valence-corrected chi connectivity index (χ1v) is 11.8. The monoisotopic (exact) mass is 446 g/mol. The van der Waals surface area contributed by atoms with Gasteiger partial charge in [-0.2, -0.15) is 0 Å². The molecule has 0 radical (unpaired) electrons. The molecule has 0 atom stereocenters. The Kier molecular flexibility index (Phi) is 7.45. The molecular formula is C27H34N4O2. The summed E-state index contributed by atoms with van der Waals surface area (Å²) in [7, 11) is 4.06. The van der Waals surface area contributed by atoms with Crippen molar-refractivity contribution in [2.24, 2.45) is 0 Å². The standard InChI is InChI=1S/C27H34N4O2/c1-21-12-14-23(15-13-21)26(32)31(19-18-29(2)3)20-24-25(22-10-6-4-7-11-22)28-33-27(24)30-16-8-5-9-17-30/h4,6-7,10-15H,5,8-9,16-20H2,1-3H3. The molecule has 174 valence electrons. The smallest absolute Gasteiger partial charge is 0.254 e. The molecule has 3 aromatic rings. The average molecular weight is 447 g/mol. The fourth-order valence-electron chi connectivity index (χ4n) is 4.25. The molecule has 0 saturated carbocycles. The summed E-state index contributed by atoms with van der Waals surface area (Å²) < 4.78 is 5.94. The van der Waals surface area contributed by atoms with E-state index in [2.05, 4.69) is 15.0 Å². The molecule has 6 heteroatoms. The molecule has 0 aliphatic carbocycles. The van der Waals surface area contributed by atoms with Crippen molar-refractivity contribution in [3.8, 4) is 11.3 Å². The van der Waals surface area contributed by atoms with Gasteiger partial charge in [-0.25, -0.2) is 0 Å². The lowest BCUT2D eigenvalue weighted by atomic mass is 10.0. The lowest BCUT2D eigenvalue weighted by molar-refractivity contribution is 0.0732. The van der Waals surface area contributed by atoms with Crippen LogP contribution in [-0.4, -0.2) is 61.1 Å². The zero-order chi connectivity index (χ0) is 23.2. The number of anilines is 1. The van der Waals surface area contributed by atoms with Crippen molar-refractivity contribution in [3.05, 3.63) is 71.3 Å². The van der Waals surface area contributed by atoms with Crippen LogP contribution >= 0.6 is 0 Å². The van der Waals surface area contributed by atoms with Gasteiger partial charge in [-0.3, -0.25) is 4.79 Å². The maximum atomic E-state index is 13.6. The third kappa shape index (κ3) is 5.63. The number of carbonyl (C=O) groups excluding carboxylic acids is 1. The van der Waals surface area contributed by atoms with Crippen molar-refractivity contribution in [3.63, 3.8) is 0 Å². The van der Waals surface area contributed by atoms with Crippen molar-refractivity contribution in [2.75, 3.05) is 45.2 Å². The second-order valence-corrected chi connectivity index (χ2v) is 9.12. The van der Waals surface area contributed by atoms with Gasteiger partial charge in [0.05, 0.1) is 12.1 Å². The summed E-state index contributed by atoms with van der Waals surface area (Å²) in [5, 5.41) is 4.49. The van der Waals surface area contributed by atoms with Gasteiger partial charge < -0.3 is 19.2 Å². The zero-order valence-corrected chi connectivity index (χ0v) is 20.0. The average Bonchev–Trinajstić information content (AvgIpc) is 3.26. The second kappa shape index (κ2) is 10.7. The molecule has 2 aromatic carbocycles. The van der Waals surface area contributed by atoms with E-state index in [1.807, 2.05) is 80.5 Å². The SMILES string of the molecule is Cc1ccc(C(=O)N(CCN(C)C)Cc2c(-c3ccccc3)noc2N2CCCCC2)cc1. The lowest BCUT2D eigenvalue weighted by Crippen LogP contribution is -2.37. The number of hydrogen-bond donors (Lipinski definition) is 0. The van der Waals surface area contributed by atoms with Crippen LogP contribution in [0.1, 0.15) is 40.7 Å². The Hall–Kier alpha value is -3.12. The maximum absolute atomic E-state index is 13.6. The van der Waals surface area contributed by atoms with Crippen molar-refractivity contribution in [1.29, 1.82) is 0 Å². The van der Waals surface area contributed by atoms with Crippen LogP contribution in [0, 0.1) is 6.92 Å². The van der Waals surface area contributed by atoms with E-state index in [4.69, 9.17) is 4.52 Å². The van der Waals surface area contributed by atoms with E-state index in [1.54, 1.807) is 0 Å². The number of rotatable bonds is 8. The minimum Gasteiger partial charge on any atom is -0.340 e. The lowest BCUT2D eigenvalue weighted by Gasteiger charge is -2.29. The van der Waals surface area contributed by atoms with Gasteiger partial charge in [-0.05, 0) is 52.4 Å². The van der Waals surface area contributed by atoms with Gasteiger partial charge >= 0.3 is 0 Å². The molecule has 1 saturated heterocycles. The molecule has 1 aliphatic heterocycles.